The molecule has 1 aliphatic rings. The van der Waals surface area contributed by atoms with Gasteiger partial charge in [-0.05, 0) is 20.3 Å². The Bertz CT molecular complexity index is 343. The van der Waals surface area contributed by atoms with Gasteiger partial charge in [-0.3, -0.25) is 14.2 Å². The number of ketones is 1. The summed E-state index contributed by atoms with van der Waals surface area (Å²) in [5.74, 6) is -2.44. The van der Waals surface area contributed by atoms with E-state index in [1.165, 1.54) is 0 Å². The summed E-state index contributed by atoms with van der Waals surface area (Å²) in [5, 5.41) is 9.02. The largest absolute Gasteiger partial charge is 0.481 e. The fourth-order valence-corrected chi connectivity index (χ4v) is 4.36. The summed E-state index contributed by atoms with van der Waals surface area (Å²) in [7, 11) is -3.66. The van der Waals surface area contributed by atoms with Crippen LogP contribution in [0.1, 0.15) is 26.7 Å². The van der Waals surface area contributed by atoms with Gasteiger partial charge >= 0.3 is 13.6 Å². The quantitative estimate of drug-likeness (QED) is 0.734. The number of aliphatic carboxylic acids is 1. The predicted octanol–water partition coefficient (Wildman–Crippen LogP) is 1.68. The Morgan fingerprint density at radius 3 is 2.35 bits per heavy atom. The summed E-state index contributed by atoms with van der Waals surface area (Å²) >= 11 is 0. The van der Waals surface area contributed by atoms with Crippen LogP contribution in [0.2, 0.25) is 0 Å². The van der Waals surface area contributed by atoms with Gasteiger partial charge in [0.25, 0.3) is 0 Å². The maximum absolute atomic E-state index is 12.4. The predicted molar refractivity (Wildman–Crippen MR) is 60.0 cm³/mol. The smallest absolute Gasteiger partial charge is 0.341 e. The van der Waals surface area contributed by atoms with E-state index in [1.807, 2.05) is 0 Å². The molecule has 1 fully saturated rings. The van der Waals surface area contributed by atoms with Crippen molar-refractivity contribution >= 4 is 19.3 Å². The van der Waals surface area contributed by atoms with Gasteiger partial charge in [-0.1, -0.05) is 0 Å². The van der Waals surface area contributed by atoms with Crippen LogP contribution in [0.15, 0.2) is 0 Å². The van der Waals surface area contributed by atoms with Crippen molar-refractivity contribution in [2.24, 2.45) is 5.92 Å². The summed E-state index contributed by atoms with van der Waals surface area (Å²) in [6.45, 7) is 3.49. The van der Waals surface area contributed by atoms with E-state index >= 15 is 0 Å². The van der Waals surface area contributed by atoms with Crippen molar-refractivity contribution in [1.29, 1.82) is 0 Å². The summed E-state index contributed by atoms with van der Waals surface area (Å²) in [6.07, 6.45) is 0.314. The molecule has 0 amide bonds. The van der Waals surface area contributed by atoms with Gasteiger partial charge in [0, 0.05) is 6.42 Å². The first-order valence-corrected chi connectivity index (χ1v) is 7.21. The minimum absolute atomic E-state index is 0.117. The van der Waals surface area contributed by atoms with Gasteiger partial charge in [0.05, 0.1) is 19.1 Å². The van der Waals surface area contributed by atoms with Crippen LogP contribution in [0.4, 0.5) is 0 Å². The van der Waals surface area contributed by atoms with Crippen LogP contribution >= 0.6 is 7.60 Å². The Balaban J connectivity index is 3.02. The van der Waals surface area contributed by atoms with E-state index in [1.54, 1.807) is 13.8 Å². The molecule has 0 unspecified atom stereocenters. The fraction of sp³-hybridized carbons (Fsp3) is 0.800. The molecule has 1 N–H and O–H groups in total. The Labute approximate surface area is 99.8 Å². The van der Waals surface area contributed by atoms with Gasteiger partial charge in [0.2, 0.25) is 0 Å². The topological polar surface area (TPSA) is 89.9 Å². The zero-order valence-corrected chi connectivity index (χ0v) is 10.8. The Morgan fingerprint density at radius 2 is 1.94 bits per heavy atom. The second-order valence-electron chi connectivity index (χ2n) is 3.77. The minimum atomic E-state index is -3.66. The first kappa shape index (κ1) is 14.4. The third-order valence-corrected chi connectivity index (χ3v) is 5.25. The number of carboxylic acid groups (broad SMARTS) is 1. The fourth-order valence-electron chi connectivity index (χ4n) is 2.04. The lowest BCUT2D eigenvalue weighted by atomic mass is 10.1. The molecule has 6 nitrogen and oxygen atoms in total. The van der Waals surface area contributed by atoms with Crippen LogP contribution in [0.3, 0.4) is 0 Å². The summed E-state index contributed by atoms with van der Waals surface area (Å²) in [4.78, 5) is 22.7. The van der Waals surface area contributed by atoms with Crippen LogP contribution in [0, 0.1) is 5.92 Å². The molecule has 0 aliphatic heterocycles. The number of hydrogen-bond donors (Lipinski definition) is 1. The van der Waals surface area contributed by atoms with Crippen LogP contribution < -0.4 is 0 Å². The van der Waals surface area contributed by atoms with Gasteiger partial charge in [-0.2, -0.15) is 0 Å². The third-order valence-electron chi connectivity index (χ3n) is 2.69. The average molecular weight is 264 g/mol. The lowest BCUT2D eigenvalue weighted by molar-refractivity contribution is -0.142. The number of carbonyl (C=O) groups excluding carboxylic acids is 1. The highest BCUT2D eigenvalue weighted by molar-refractivity contribution is 7.55. The molecular formula is C10H17O6P. The first-order chi connectivity index (χ1) is 7.96. The van der Waals surface area contributed by atoms with Crippen LogP contribution in [0.25, 0.3) is 0 Å². The lowest BCUT2D eigenvalue weighted by Gasteiger charge is -2.24. The van der Waals surface area contributed by atoms with E-state index in [9.17, 15) is 14.2 Å². The van der Waals surface area contributed by atoms with E-state index in [0.29, 0.717) is 0 Å². The summed E-state index contributed by atoms with van der Waals surface area (Å²) < 4.78 is 22.5. The highest BCUT2D eigenvalue weighted by atomic mass is 31.2. The molecule has 1 rings (SSSR count). The molecule has 0 radical (unpaired) electrons. The van der Waals surface area contributed by atoms with E-state index in [-0.39, 0.29) is 31.8 Å². The molecule has 0 aromatic heterocycles. The summed E-state index contributed by atoms with van der Waals surface area (Å²) in [6, 6.07) is 0. The maximum Gasteiger partial charge on any atom is 0.341 e. The normalized spacial score (nSPS) is 25.2. The van der Waals surface area contributed by atoms with Gasteiger partial charge < -0.3 is 14.2 Å². The van der Waals surface area contributed by atoms with E-state index < -0.39 is 25.1 Å². The molecule has 98 valence electrons. The van der Waals surface area contributed by atoms with Crippen LogP contribution in [-0.4, -0.2) is 35.7 Å². The molecule has 0 aromatic carbocycles. The number of carboxylic acids is 1. The molecular weight excluding hydrogens is 247 g/mol. The zero-order valence-electron chi connectivity index (χ0n) is 9.92. The van der Waals surface area contributed by atoms with E-state index in [2.05, 4.69) is 0 Å². The molecule has 1 aliphatic carbocycles. The maximum atomic E-state index is 12.4. The molecule has 0 aromatic rings. The minimum Gasteiger partial charge on any atom is -0.481 e. The van der Waals surface area contributed by atoms with Crippen molar-refractivity contribution in [3.63, 3.8) is 0 Å². The van der Waals surface area contributed by atoms with Gasteiger partial charge in [0.15, 0.2) is 0 Å². The first-order valence-electron chi connectivity index (χ1n) is 5.60. The molecule has 0 bridgehead atoms. The molecule has 2 atom stereocenters. The van der Waals surface area contributed by atoms with Crippen LogP contribution in [-0.2, 0) is 23.2 Å². The Kier molecular flexibility index (Phi) is 4.86. The number of hydrogen-bond acceptors (Lipinski definition) is 5. The molecule has 1 saturated carbocycles. The van der Waals surface area contributed by atoms with Crippen molar-refractivity contribution in [2.75, 3.05) is 13.2 Å². The van der Waals surface area contributed by atoms with Gasteiger partial charge in [-0.15, -0.1) is 0 Å². The van der Waals surface area contributed by atoms with E-state index in [0.717, 1.165) is 0 Å². The van der Waals surface area contributed by atoms with Gasteiger partial charge in [0.1, 0.15) is 11.4 Å². The highest BCUT2D eigenvalue weighted by Crippen LogP contribution is 2.58. The highest BCUT2D eigenvalue weighted by Gasteiger charge is 2.52. The number of Topliss-reactive ketones (excluding diaryl/α,β-unsaturated/α-hetero) is 1. The van der Waals surface area contributed by atoms with Crippen molar-refractivity contribution in [1.82, 2.24) is 0 Å². The van der Waals surface area contributed by atoms with Crippen molar-refractivity contribution in [2.45, 2.75) is 32.3 Å². The lowest BCUT2D eigenvalue weighted by Crippen LogP contribution is -2.29. The molecule has 0 saturated heterocycles. The third kappa shape index (κ3) is 2.94. The van der Waals surface area contributed by atoms with Gasteiger partial charge in [-0.25, -0.2) is 0 Å². The monoisotopic (exact) mass is 264 g/mol. The Morgan fingerprint density at radius 1 is 1.41 bits per heavy atom. The van der Waals surface area contributed by atoms with Crippen molar-refractivity contribution in [3.8, 4) is 0 Å². The molecule has 7 heteroatoms. The summed E-state index contributed by atoms with van der Waals surface area (Å²) in [5.41, 5.74) is -1.15. The number of carbonyl (C=O) groups is 2. The number of rotatable bonds is 6. The van der Waals surface area contributed by atoms with E-state index in [4.69, 9.17) is 14.2 Å². The standard InChI is InChI=1S/C10H17O6P/c1-3-15-17(14,16-4-2)9-7(10(12)13)5-6-8(9)11/h7,9H,3-6H2,1-2H3,(H,12,13)/t7-,9+/m0/s1. The molecule has 17 heavy (non-hydrogen) atoms. The van der Waals surface area contributed by atoms with Crippen molar-refractivity contribution in [3.05, 3.63) is 0 Å². The average Bonchev–Trinajstić information content (AvgIpc) is 2.61. The van der Waals surface area contributed by atoms with Crippen molar-refractivity contribution < 1.29 is 28.3 Å². The SMILES string of the molecule is CCOP(=O)(OCC)[C@H]1C(=O)CC[C@@H]1C(=O)O. The molecule has 0 spiro atoms. The molecule has 0 heterocycles. The second kappa shape index (κ2) is 5.76. The zero-order chi connectivity index (χ0) is 13.1. The van der Waals surface area contributed by atoms with Crippen LogP contribution in [0.5, 0.6) is 0 Å². The Hall–Kier alpha value is -0.710. The second-order valence-corrected chi connectivity index (χ2v) is 5.92.